The molecule has 0 atom stereocenters. The number of anilines is 2. The van der Waals surface area contributed by atoms with Crippen molar-refractivity contribution in [2.75, 3.05) is 43.4 Å². The number of pyridine rings is 1. The summed E-state index contributed by atoms with van der Waals surface area (Å²) in [5.41, 5.74) is 2.37. The van der Waals surface area contributed by atoms with Gasteiger partial charge in [-0.3, -0.25) is 4.79 Å². The first-order valence-electron chi connectivity index (χ1n) is 12.8. The average Bonchev–Trinajstić information content (AvgIpc) is 3.51. The molecule has 9 heteroatoms. The molecule has 0 unspecified atom stereocenters. The van der Waals surface area contributed by atoms with Gasteiger partial charge in [0.25, 0.3) is 0 Å². The van der Waals surface area contributed by atoms with Gasteiger partial charge in [-0.05, 0) is 30.9 Å². The van der Waals surface area contributed by atoms with Crippen LogP contribution >= 0.6 is 0 Å². The first-order valence-corrected chi connectivity index (χ1v) is 12.8. The summed E-state index contributed by atoms with van der Waals surface area (Å²) < 4.78 is 2.06. The molecule has 5 rings (SSSR count). The number of aromatic nitrogens is 5. The van der Waals surface area contributed by atoms with Crippen molar-refractivity contribution >= 4 is 28.7 Å². The number of rotatable bonds is 5. The van der Waals surface area contributed by atoms with Crippen molar-refractivity contribution in [2.45, 2.75) is 53.0 Å². The second-order valence-electron chi connectivity index (χ2n) is 10.8. The fourth-order valence-electron chi connectivity index (χ4n) is 5.18. The minimum atomic E-state index is -0.344. The van der Waals surface area contributed by atoms with Crippen LogP contribution in [0.2, 0.25) is 0 Å². The molecule has 2 aliphatic rings. The molecule has 1 aliphatic carbocycles. The molecule has 4 heterocycles. The summed E-state index contributed by atoms with van der Waals surface area (Å²) in [5.74, 6) is 2.40. The third-order valence-electron chi connectivity index (χ3n) is 7.17. The van der Waals surface area contributed by atoms with E-state index in [1.165, 1.54) is 25.7 Å². The number of piperazine rings is 1. The SMILES string of the molecule is CNc1ncc2c(-c3ccc(N4CCN(C(=O)C(C)(C)C)CC4)nc3)nn(CC3CCCC3)c2n1. The highest BCUT2D eigenvalue weighted by atomic mass is 16.2. The molecule has 1 aliphatic heterocycles. The first-order chi connectivity index (χ1) is 16.8. The van der Waals surface area contributed by atoms with Crippen LogP contribution in [-0.2, 0) is 11.3 Å². The van der Waals surface area contributed by atoms with Gasteiger partial charge in [-0.25, -0.2) is 14.6 Å². The zero-order chi connectivity index (χ0) is 24.6. The number of carbonyl (C=O) groups excluding carboxylic acids is 1. The molecule has 0 radical (unpaired) electrons. The van der Waals surface area contributed by atoms with Crippen molar-refractivity contribution in [3.05, 3.63) is 24.5 Å². The third-order valence-corrected chi connectivity index (χ3v) is 7.17. The normalized spacial score (nSPS) is 17.4. The molecule has 2 fully saturated rings. The molecule has 3 aromatic rings. The second kappa shape index (κ2) is 9.43. The van der Waals surface area contributed by atoms with E-state index in [1.807, 2.05) is 45.1 Å². The van der Waals surface area contributed by atoms with Gasteiger partial charge in [0.15, 0.2) is 5.65 Å². The van der Waals surface area contributed by atoms with E-state index in [0.717, 1.165) is 60.8 Å². The number of hydrogen-bond donors (Lipinski definition) is 1. The van der Waals surface area contributed by atoms with Crippen LogP contribution in [0, 0.1) is 11.3 Å². The predicted molar refractivity (Wildman–Crippen MR) is 138 cm³/mol. The largest absolute Gasteiger partial charge is 0.357 e. The topological polar surface area (TPSA) is 92.1 Å². The molecule has 186 valence electrons. The van der Waals surface area contributed by atoms with Crippen molar-refractivity contribution in [1.82, 2.24) is 29.6 Å². The number of fused-ring (bicyclic) bond motifs is 1. The summed E-state index contributed by atoms with van der Waals surface area (Å²) in [4.78, 5) is 30.8. The maximum atomic E-state index is 12.6. The summed E-state index contributed by atoms with van der Waals surface area (Å²) in [6, 6.07) is 4.14. The minimum absolute atomic E-state index is 0.212. The highest BCUT2D eigenvalue weighted by Crippen LogP contribution is 2.31. The summed E-state index contributed by atoms with van der Waals surface area (Å²) in [5, 5.41) is 8.98. The summed E-state index contributed by atoms with van der Waals surface area (Å²) in [6.45, 7) is 9.84. The van der Waals surface area contributed by atoms with Crippen LogP contribution in [0.5, 0.6) is 0 Å². The summed E-state index contributed by atoms with van der Waals surface area (Å²) >= 11 is 0. The Hall–Kier alpha value is -3.23. The maximum absolute atomic E-state index is 12.6. The highest BCUT2D eigenvalue weighted by Gasteiger charge is 2.30. The number of nitrogens with one attached hydrogen (secondary N) is 1. The lowest BCUT2D eigenvalue weighted by Crippen LogP contribution is -2.51. The standard InChI is InChI=1S/C26H36N8O/c1-26(2,3)24(35)33-13-11-32(12-14-33)21-10-9-19(15-28-21)22-20-16-29-25(27-4)30-23(20)34(31-22)17-18-7-5-6-8-18/h9-10,15-16,18H,5-8,11-14,17H2,1-4H3,(H,27,29,30). The lowest BCUT2D eigenvalue weighted by molar-refractivity contribution is -0.139. The molecule has 9 nitrogen and oxygen atoms in total. The predicted octanol–water partition coefficient (Wildman–Crippen LogP) is 3.81. The first kappa shape index (κ1) is 23.5. The maximum Gasteiger partial charge on any atom is 0.228 e. The quantitative estimate of drug-likeness (QED) is 0.598. The van der Waals surface area contributed by atoms with Gasteiger partial charge in [0.1, 0.15) is 11.5 Å². The van der Waals surface area contributed by atoms with Crippen molar-refractivity contribution in [3.63, 3.8) is 0 Å². The molecule has 35 heavy (non-hydrogen) atoms. The fraction of sp³-hybridized carbons (Fsp3) is 0.577. The van der Waals surface area contributed by atoms with E-state index in [-0.39, 0.29) is 11.3 Å². The monoisotopic (exact) mass is 476 g/mol. The van der Waals surface area contributed by atoms with E-state index < -0.39 is 0 Å². The fourth-order valence-corrected chi connectivity index (χ4v) is 5.18. The van der Waals surface area contributed by atoms with Crippen LogP contribution in [0.25, 0.3) is 22.3 Å². The molecular weight excluding hydrogens is 440 g/mol. The van der Waals surface area contributed by atoms with Crippen molar-refractivity contribution in [1.29, 1.82) is 0 Å². The van der Waals surface area contributed by atoms with E-state index in [9.17, 15) is 4.79 Å². The van der Waals surface area contributed by atoms with Gasteiger partial charge in [-0.15, -0.1) is 0 Å². The van der Waals surface area contributed by atoms with Gasteiger partial charge < -0.3 is 15.1 Å². The minimum Gasteiger partial charge on any atom is -0.357 e. The molecule has 0 bridgehead atoms. The molecule has 1 saturated heterocycles. The van der Waals surface area contributed by atoms with Crippen LogP contribution < -0.4 is 10.2 Å². The van der Waals surface area contributed by atoms with Crippen molar-refractivity contribution < 1.29 is 4.79 Å². The summed E-state index contributed by atoms with van der Waals surface area (Å²) in [7, 11) is 1.83. The molecule has 3 aromatic heterocycles. The van der Waals surface area contributed by atoms with E-state index in [2.05, 4.69) is 32.0 Å². The Morgan fingerprint density at radius 2 is 1.80 bits per heavy atom. The van der Waals surface area contributed by atoms with E-state index in [1.54, 1.807) is 0 Å². The Morgan fingerprint density at radius 3 is 2.43 bits per heavy atom. The Morgan fingerprint density at radius 1 is 1.06 bits per heavy atom. The van der Waals surface area contributed by atoms with Crippen LogP contribution in [0.3, 0.4) is 0 Å². The Labute approximate surface area is 206 Å². The number of amides is 1. The second-order valence-corrected chi connectivity index (χ2v) is 10.8. The number of hydrogen-bond acceptors (Lipinski definition) is 7. The zero-order valence-corrected chi connectivity index (χ0v) is 21.3. The molecule has 1 N–H and O–H groups in total. The Kier molecular flexibility index (Phi) is 6.34. The number of carbonyl (C=O) groups is 1. The van der Waals surface area contributed by atoms with Gasteiger partial charge in [0.2, 0.25) is 11.9 Å². The van der Waals surface area contributed by atoms with E-state index >= 15 is 0 Å². The highest BCUT2D eigenvalue weighted by molar-refractivity contribution is 5.91. The van der Waals surface area contributed by atoms with Gasteiger partial charge in [-0.2, -0.15) is 10.1 Å². The van der Waals surface area contributed by atoms with Gasteiger partial charge in [-0.1, -0.05) is 33.6 Å². The van der Waals surface area contributed by atoms with E-state index in [4.69, 9.17) is 15.1 Å². The van der Waals surface area contributed by atoms with Crippen LogP contribution in [0.4, 0.5) is 11.8 Å². The Bertz CT molecular complexity index is 1180. The number of nitrogens with zero attached hydrogens (tertiary/aromatic N) is 7. The molecule has 1 saturated carbocycles. The third kappa shape index (κ3) is 4.81. The molecule has 1 amide bonds. The van der Waals surface area contributed by atoms with Crippen molar-refractivity contribution in [2.24, 2.45) is 11.3 Å². The molecular formula is C26H36N8O. The van der Waals surface area contributed by atoms with Crippen LogP contribution in [0.15, 0.2) is 24.5 Å². The summed E-state index contributed by atoms with van der Waals surface area (Å²) in [6.07, 6.45) is 8.88. The zero-order valence-electron chi connectivity index (χ0n) is 21.3. The average molecular weight is 477 g/mol. The Balaban J connectivity index is 1.36. The van der Waals surface area contributed by atoms with E-state index in [0.29, 0.717) is 11.9 Å². The lowest BCUT2D eigenvalue weighted by atomic mass is 9.94. The molecule has 0 aromatic carbocycles. The van der Waals surface area contributed by atoms with Gasteiger partial charge in [0, 0.05) is 63.1 Å². The van der Waals surface area contributed by atoms with Gasteiger partial charge in [0.05, 0.1) is 5.39 Å². The van der Waals surface area contributed by atoms with Gasteiger partial charge >= 0.3 is 0 Å². The van der Waals surface area contributed by atoms with Crippen LogP contribution in [0.1, 0.15) is 46.5 Å². The van der Waals surface area contributed by atoms with Crippen LogP contribution in [-0.4, -0.2) is 68.8 Å². The lowest BCUT2D eigenvalue weighted by Gasteiger charge is -2.38. The van der Waals surface area contributed by atoms with Crippen molar-refractivity contribution in [3.8, 4) is 11.3 Å². The molecule has 0 spiro atoms. The smallest absolute Gasteiger partial charge is 0.228 e.